The predicted molar refractivity (Wildman–Crippen MR) is 83.0 cm³/mol. The van der Waals surface area contributed by atoms with Gasteiger partial charge in [-0.2, -0.15) is 0 Å². The summed E-state index contributed by atoms with van der Waals surface area (Å²) in [7, 11) is 0.436. The molecule has 2 unspecified atom stereocenters. The predicted octanol–water partition coefficient (Wildman–Crippen LogP) is 3.91. The van der Waals surface area contributed by atoms with Crippen LogP contribution in [0, 0.1) is 0 Å². The summed E-state index contributed by atoms with van der Waals surface area (Å²) in [6, 6.07) is 9.46. The van der Waals surface area contributed by atoms with Crippen LogP contribution >= 0.6 is 0 Å². The van der Waals surface area contributed by atoms with Gasteiger partial charge in [-0.3, -0.25) is 0 Å². The summed E-state index contributed by atoms with van der Waals surface area (Å²) in [5, 5.41) is 1.57. The molecule has 2 heterocycles. The van der Waals surface area contributed by atoms with Gasteiger partial charge in [0.05, 0.1) is 13.2 Å². The fourth-order valence-electron chi connectivity index (χ4n) is 3.24. The number of fused-ring (bicyclic) bond motifs is 2. The van der Waals surface area contributed by atoms with Crippen molar-refractivity contribution in [3.05, 3.63) is 29.8 Å². The Bertz CT molecular complexity index is 410. The molecule has 2 heteroatoms. The second kappa shape index (κ2) is 5.14. The highest BCUT2D eigenvalue weighted by atomic mass is 32.2. The second-order valence-electron chi connectivity index (χ2n) is 6.86. The SMILES string of the molecule is CC(C)(C)c1ccc([S+]2C3CCCC2COC3)cc1. The van der Waals surface area contributed by atoms with E-state index in [1.165, 1.54) is 24.8 Å². The Morgan fingerprint density at radius 1 is 1.00 bits per heavy atom. The van der Waals surface area contributed by atoms with Crippen LogP contribution in [0.2, 0.25) is 0 Å². The van der Waals surface area contributed by atoms with Gasteiger partial charge in [-0.25, -0.2) is 0 Å². The van der Waals surface area contributed by atoms with Gasteiger partial charge in [0.15, 0.2) is 4.90 Å². The molecule has 0 saturated carbocycles. The van der Waals surface area contributed by atoms with Gasteiger partial charge in [0.1, 0.15) is 10.5 Å². The fourth-order valence-corrected chi connectivity index (χ4v) is 6.33. The van der Waals surface area contributed by atoms with Crippen LogP contribution in [0.4, 0.5) is 0 Å². The normalized spacial score (nSPS) is 31.2. The number of rotatable bonds is 1. The third kappa shape index (κ3) is 2.71. The summed E-state index contributed by atoms with van der Waals surface area (Å²) >= 11 is 0. The van der Waals surface area contributed by atoms with Crippen LogP contribution in [-0.4, -0.2) is 23.7 Å². The maximum Gasteiger partial charge on any atom is 0.155 e. The summed E-state index contributed by atoms with van der Waals surface area (Å²) in [5.74, 6) is 0. The zero-order valence-electron chi connectivity index (χ0n) is 12.3. The van der Waals surface area contributed by atoms with Crippen molar-refractivity contribution in [2.75, 3.05) is 13.2 Å². The summed E-state index contributed by atoms with van der Waals surface area (Å²) in [4.78, 5) is 1.58. The van der Waals surface area contributed by atoms with Gasteiger partial charge in [-0.1, -0.05) is 32.9 Å². The van der Waals surface area contributed by atoms with E-state index in [0.717, 1.165) is 23.7 Å². The molecule has 2 fully saturated rings. The third-order valence-electron chi connectivity index (χ3n) is 4.37. The lowest BCUT2D eigenvalue weighted by Gasteiger charge is -2.34. The summed E-state index contributed by atoms with van der Waals surface area (Å²) in [6.45, 7) is 8.83. The Balaban J connectivity index is 1.85. The minimum absolute atomic E-state index is 0.257. The van der Waals surface area contributed by atoms with Gasteiger partial charge in [0.2, 0.25) is 0 Å². The number of hydrogen-bond donors (Lipinski definition) is 0. The van der Waals surface area contributed by atoms with Crippen LogP contribution in [0.3, 0.4) is 0 Å². The molecule has 2 atom stereocenters. The zero-order chi connectivity index (χ0) is 13.5. The lowest BCUT2D eigenvalue weighted by molar-refractivity contribution is 0.110. The van der Waals surface area contributed by atoms with Crippen LogP contribution in [0.5, 0.6) is 0 Å². The molecule has 2 aliphatic heterocycles. The maximum atomic E-state index is 5.77. The largest absolute Gasteiger partial charge is 0.371 e. The highest BCUT2D eigenvalue weighted by molar-refractivity contribution is 7.98. The average molecular weight is 277 g/mol. The van der Waals surface area contributed by atoms with Crippen LogP contribution < -0.4 is 0 Å². The molecule has 0 amide bonds. The van der Waals surface area contributed by atoms with E-state index >= 15 is 0 Å². The second-order valence-corrected chi connectivity index (χ2v) is 9.41. The van der Waals surface area contributed by atoms with Crippen molar-refractivity contribution in [1.29, 1.82) is 0 Å². The third-order valence-corrected chi connectivity index (χ3v) is 7.37. The zero-order valence-corrected chi connectivity index (χ0v) is 13.1. The first-order chi connectivity index (χ1) is 9.05. The lowest BCUT2D eigenvalue weighted by atomic mass is 9.87. The van der Waals surface area contributed by atoms with E-state index in [1.807, 2.05) is 0 Å². The quantitative estimate of drug-likeness (QED) is 0.707. The molecule has 0 aliphatic carbocycles. The van der Waals surface area contributed by atoms with Crippen molar-refractivity contribution in [2.45, 2.75) is 60.8 Å². The lowest BCUT2D eigenvalue weighted by Crippen LogP contribution is -2.46. The van der Waals surface area contributed by atoms with E-state index in [9.17, 15) is 0 Å². The number of benzene rings is 1. The smallest absolute Gasteiger partial charge is 0.155 e. The highest BCUT2D eigenvalue weighted by Gasteiger charge is 2.46. The Morgan fingerprint density at radius 3 is 2.11 bits per heavy atom. The van der Waals surface area contributed by atoms with Crippen LogP contribution in [-0.2, 0) is 21.0 Å². The molecule has 0 aromatic heterocycles. The molecule has 104 valence electrons. The van der Waals surface area contributed by atoms with E-state index < -0.39 is 0 Å². The van der Waals surface area contributed by atoms with Gasteiger partial charge in [-0.15, -0.1) is 0 Å². The average Bonchev–Trinajstić information content (AvgIpc) is 2.37. The van der Waals surface area contributed by atoms with Crippen molar-refractivity contribution >= 4 is 10.9 Å². The molecular formula is C17H25OS+. The van der Waals surface area contributed by atoms with Crippen molar-refractivity contribution < 1.29 is 4.74 Å². The fraction of sp³-hybridized carbons (Fsp3) is 0.647. The standard InChI is InChI=1S/C17H25OS/c1-17(2,3)13-7-9-14(10-8-13)19-15-5-4-6-16(19)12-18-11-15/h7-10,15-16H,4-6,11-12H2,1-3H3/q+1. The van der Waals surface area contributed by atoms with Gasteiger partial charge in [-0.05, 0) is 42.4 Å². The molecule has 2 bridgehead atoms. The molecule has 3 rings (SSSR count). The van der Waals surface area contributed by atoms with E-state index in [4.69, 9.17) is 4.74 Å². The minimum Gasteiger partial charge on any atom is -0.371 e. The van der Waals surface area contributed by atoms with Crippen LogP contribution in [0.15, 0.2) is 29.2 Å². The topological polar surface area (TPSA) is 9.23 Å². The maximum absolute atomic E-state index is 5.77. The van der Waals surface area contributed by atoms with Crippen LogP contribution in [0.1, 0.15) is 45.6 Å². The molecule has 2 aliphatic rings. The molecular weight excluding hydrogens is 252 g/mol. The van der Waals surface area contributed by atoms with Crippen molar-refractivity contribution in [2.24, 2.45) is 0 Å². The van der Waals surface area contributed by atoms with Crippen molar-refractivity contribution in [3.63, 3.8) is 0 Å². The van der Waals surface area contributed by atoms with E-state index in [1.54, 1.807) is 4.90 Å². The minimum atomic E-state index is 0.257. The van der Waals surface area contributed by atoms with E-state index in [0.29, 0.717) is 10.9 Å². The van der Waals surface area contributed by atoms with Crippen molar-refractivity contribution in [1.82, 2.24) is 0 Å². The molecule has 0 radical (unpaired) electrons. The summed E-state index contributed by atoms with van der Waals surface area (Å²) < 4.78 is 5.77. The monoisotopic (exact) mass is 277 g/mol. The first-order valence-electron chi connectivity index (χ1n) is 7.46. The summed E-state index contributed by atoms with van der Waals surface area (Å²) in [5.41, 5.74) is 1.70. The first kappa shape index (κ1) is 13.5. The van der Waals surface area contributed by atoms with Gasteiger partial charge in [0.25, 0.3) is 0 Å². The van der Waals surface area contributed by atoms with E-state index in [2.05, 4.69) is 45.0 Å². The molecule has 1 aromatic rings. The molecule has 1 aromatic carbocycles. The number of hydrogen-bond acceptors (Lipinski definition) is 1. The van der Waals surface area contributed by atoms with Crippen LogP contribution in [0.25, 0.3) is 0 Å². The molecule has 19 heavy (non-hydrogen) atoms. The number of ether oxygens (including phenoxy) is 1. The Labute approximate surface area is 120 Å². The van der Waals surface area contributed by atoms with Gasteiger partial charge < -0.3 is 4.74 Å². The van der Waals surface area contributed by atoms with Gasteiger partial charge in [0, 0.05) is 10.9 Å². The first-order valence-corrected chi connectivity index (χ1v) is 8.81. The Kier molecular flexibility index (Phi) is 3.65. The molecule has 0 N–H and O–H groups in total. The Morgan fingerprint density at radius 2 is 1.58 bits per heavy atom. The van der Waals surface area contributed by atoms with Crippen molar-refractivity contribution in [3.8, 4) is 0 Å². The Hall–Kier alpha value is -0.470. The molecule has 1 nitrogen and oxygen atoms in total. The molecule has 2 saturated heterocycles. The highest BCUT2D eigenvalue weighted by Crippen LogP contribution is 2.37. The molecule has 0 spiro atoms. The summed E-state index contributed by atoms with van der Waals surface area (Å²) in [6.07, 6.45) is 4.13. The van der Waals surface area contributed by atoms with Gasteiger partial charge >= 0.3 is 0 Å². The van der Waals surface area contributed by atoms with E-state index in [-0.39, 0.29) is 5.41 Å².